The van der Waals surface area contributed by atoms with Crippen molar-refractivity contribution in [3.63, 3.8) is 0 Å². The molecule has 0 spiro atoms. The smallest absolute Gasteiger partial charge is 0.255 e. The van der Waals surface area contributed by atoms with E-state index in [1.165, 1.54) is 18.4 Å². The van der Waals surface area contributed by atoms with Gasteiger partial charge in [0.05, 0.1) is 12.7 Å². The number of para-hydroxylation sites is 1. The van der Waals surface area contributed by atoms with Crippen LogP contribution in [0.3, 0.4) is 0 Å². The predicted octanol–water partition coefficient (Wildman–Crippen LogP) is 4.96. The Bertz CT molecular complexity index is 1300. The topological polar surface area (TPSA) is 93.2 Å². The number of nitrogens with one attached hydrogen (secondary N) is 2. The lowest BCUT2D eigenvalue weighted by molar-refractivity contribution is -0.118. The Kier molecular flexibility index (Phi) is 7.66. The lowest BCUT2D eigenvalue weighted by atomic mass is 10.0. The summed E-state index contributed by atoms with van der Waals surface area (Å²) in [5.41, 5.74) is 2.15. The van der Waals surface area contributed by atoms with E-state index in [2.05, 4.69) is 36.8 Å². The number of aromatic nitrogens is 2. The van der Waals surface area contributed by atoms with Crippen LogP contribution in [0.5, 0.6) is 5.75 Å². The molecule has 0 saturated heterocycles. The van der Waals surface area contributed by atoms with E-state index in [1.54, 1.807) is 24.3 Å². The Morgan fingerprint density at radius 2 is 1.76 bits per heavy atom. The first-order valence-corrected chi connectivity index (χ1v) is 12.0. The zero-order valence-electron chi connectivity index (χ0n) is 18.2. The Morgan fingerprint density at radius 3 is 2.53 bits per heavy atom. The molecule has 1 atom stereocenters. The van der Waals surface area contributed by atoms with Crippen LogP contribution in [0.4, 0.5) is 5.13 Å². The summed E-state index contributed by atoms with van der Waals surface area (Å²) in [5.74, 6) is -0.355. The van der Waals surface area contributed by atoms with E-state index in [9.17, 15) is 9.59 Å². The largest absolute Gasteiger partial charge is 0.496 e. The lowest BCUT2D eigenvalue weighted by Crippen LogP contribution is -2.45. The van der Waals surface area contributed by atoms with Crippen molar-refractivity contribution in [2.75, 3.05) is 12.4 Å². The molecule has 0 aliphatic rings. The van der Waals surface area contributed by atoms with Gasteiger partial charge in [-0.15, -0.1) is 10.2 Å². The first kappa shape index (κ1) is 23.6. The fourth-order valence-corrected chi connectivity index (χ4v) is 4.47. The van der Waals surface area contributed by atoms with Crippen molar-refractivity contribution in [1.82, 2.24) is 15.5 Å². The van der Waals surface area contributed by atoms with Crippen LogP contribution in [0.1, 0.15) is 15.9 Å². The van der Waals surface area contributed by atoms with E-state index in [0.717, 1.165) is 15.6 Å². The van der Waals surface area contributed by atoms with Gasteiger partial charge in [-0.25, -0.2) is 0 Å². The van der Waals surface area contributed by atoms with Crippen molar-refractivity contribution in [3.05, 3.63) is 94.5 Å². The molecule has 1 heterocycles. The van der Waals surface area contributed by atoms with Crippen LogP contribution in [-0.2, 0) is 11.2 Å². The summed E-state index contributed by atoms with van der Waals surface area (Å²) in [6.45, 7) is 0. The zero-order valence-corrected chi connectivity index (χ0v) is 20.6. The second kappa shape index (κ2) is 11.0. The van der Waals surface area contributed by atoms with Gasteiger partial charge in [-0.05, 0) is 29.8 Å². The van der Waals surface area contributed by atoms with E-state index in [1.807, 2.05) is 54.6 Å². The molecule has 2 N–H and O–H groups in total. The summed E-state index contributed by atoms with van der Waals surface area (Å²) in [6.07, 6.45) is 0.310. The number of carbonyl (C=O) groups excluding carboxylic acids is 2. The number of amides is 2. The number of nitrogens with zero attached hydrogens (tertiary/aromatic N) is 2. The van der Waals surface area contributed by atoms with E-state index in [0.29, 0.717) is 27.9 Å². The number of ether oxygens (including phenoxy) is 1. The van der Waals surface area contributed by atoms with E-state index < -0.39 is 11.9 Å². The molecule has 2 amide bonds. The zero-order chi connectivity index (χ0) is 23.9. The van der Waals surface area contributed by atoms with Crippen LogP contribution >= 0.6 is 27.3 Å². The fourth-order valence-electron chi connectivity index (χ4n) is 3.33. The SMILES string of the molecule is COc1ccccc1C(=O)NC(Cc1ccccc1)C(=O)Nc1nnc(-c2cccc(Br)c2)s1. The number of rotatable bonds is 8. The van der Waals surface area contributed by atoms with E-state index in [-0.39, 0.29) is 5.91 Å². The van der Waals surface area contributed by atoms with Gasteiger partial charge in [-0.2, -0.15) is 0 Å². The van der Waals surface area contributed by atoms with Gasteiger partial charge in [0.15, 0.2) is 0 Å². The number of anilines is 1. The standard InChI is InChI=1S/C25H21BrN4O3S/c1-33-21-13-6-5-12-19(21)22(31)27-20(14-16-8-3-2-4-9-16)23(32)28-25-30-29-24(34-25)17-10-7-11-18(26)15-17/h2-13,15,20H,14H2,1H3,(H,27,31)(H,28,30,32). The predicted molar refractivity (Wildman–Crippen MR) is 136 cm³/mol. The third-order valence-corrected chi connectivity index (χ3v) is 6.36. The molecule has 0 aliphatic heterocycles. The number of hydrogen-bond donors (Lipinski definition) is 2. The summed E-state index contributed by atoms with van der Waals surface area (Å²) in [7, 11) is 1.50. The highest BCUT2D eigenvalue weighted by molar-refractivity contribution is 9.10. The van der Waals surface area contributed by atoms with E-state index >= 15 is 0 Å². The molecule has 4 rings (SSSR count). The number of carbonyl (C=O) groups is 2. The number of halogens is 1. The summed E-state index contributed by atoms with van der Waals surface area (Å²) in [6, 6.07) is 23.2. The molecule has 7 nitrogen and oxygen atoms in total. The lowest BCUT2D eigenvalue weighted by Gasteiger charge is -2.18. The summed E-state index contributed by atoms with van der Waals surface area (Å²) in [4.78, 5) is 26.2. The van der Waals surface area contributed by atoms with Gasteiger partial charge in [-0.3, -0.25) is 14.9 Å². The molecule has 1 aromatic heterocycles. The van der Waals surface area contributed by atoms with Crippen molar-refractivity contribution < 1.29 is 14.3 Å². The molecule has 3 aromatic carbocycles. The van der Waals surface area contributed by atoms with Crippen LogP contribution in [0.25, 0.3) is 10.6 Å². The molecule has 0 fully saturated rings. The van der Waals surface area contributed by atoms with Gasteiger partial charge in [0.2, 0.25) is 11.0 Å². The molecule has 1 unspecified atom stereocenters. The maximum Gasteiger partial charge on any atom is 0.255 e. The Hall–Kier alpha value is -3.56. The molecule has 0 bridgehead atoms. The molecule has 0 radical (unpaired) electrons. The molecule has 9 heteroatoms. The highest BCUT2D eigenvalue weighted by atomic mass is 79.9. The summed E-state index contributed by atoms with van der Waals surface area (Å²) >= 11 is 4.71. The van der Waals surface area contributed by atoms with Gasteiger partial charge in [0.25, 0.3) is 5.91 Å². The maximum absolute atomic E-state index is 13.2. The van der Waals surface area contributed by atoms with Gasteiger partial charge in [0, 0.05) is 16.5 Å². The normalized spacial score (nSPS) is 11.5. The highest BCUT2D eigenvalue weighted by Gasteiger charge is 2.24. The molecule has 34 heavy (non-hydrogen) atoms. The van der Waals surface area contributed by atoms with Crippen LogP contribution in [0, 0.1) is 0 Å². The minimum absolute atomic E-state index is 0.310. The van der Waals surface area contributed by atoms with Crippen molar-refractivity contribution in [1.29, 1.82) is 0 Å². The Balaban J connectivity index is 1.54. The average molecular weight is 537 g/mol. The Morgan fingerprint density at radius 1 is 1.00 bits per heavy atom. The Labute approximate surface area is 209 Å². The molecule has 4 aromatic rings. The van der Waals surface area contributed by atoms with Crippen LogP contribution in [0.15, 0.2) is 83.3 Å². The molecule has 0 saturated carbocycles. The molecule has 172 valence electrons. The third kappa shape index (κ3) is 5.86. The van der Waals surface area contributed by atoms with Crippen molar-refractivity contribution in [2.45, 2.75) is 12.5 Å². The van der Waals surface area contributed by atoms with Crippen molar-refractivity contribution >= 4 is 44.2 Å². The maximum atomic E-state index is 13.2. The number of hydrogen-bond acceptors (Lipinski definition) is 6. The second-order valence-electron chi connectivity index (χ2n) is 7.33. The van der Waals surface area contributed by atoms with Gasteiger partial charge in [-0.1, -0.05) is 81.9 Å². The van der Waals surface area contributed by atoms with Gasteiger partial charge in [0.1, 0.15) is 16.8 Å². The van der Waals surface area contributed by atoms with Gasteiger partial charge >= 0.3 is 0 Å². The minimum atomic E-state index is -0.835. The number of methoxy groups -OCH3 is 1. The number of benzene rings is 3. The minimum Gasteiger partial charge on any atom is -0.496 e. The van der Waals surface area contributed by atoms with Crippen LogP contribution in [-0.4, -0.2) is 35.2 Å². The highest BCUT2D eigenvalue weighted by Crippen LogP contribution is 2.28. The first-order valence-electron chi connectivity index (χ1n) is 10.4. The van der Waals surface area contributed by atoms with Crippen molar-refractivity contribution in [3.8, 4) is 16.3 Å². The first-order chi connectivity index (χ1) is 16.5. The molecule has 0 aliphatic carbocycles. The quantitative estimate of drug-likeness (QED) is 0.332. The molecular weight excluding hydrogens is 516 g/mol. The molecular formula is C25H21BrN4O3S. The summed E-state index contributed by atoms with van der Waals surface area (Å²) in [5, 5.41) is 15.0. The third-order valence-electron chi connectivity index (χ3n) is 4.98. The fraction of sp³-hybridized carbons (Fsp3) is 0.120. The van der Waals surface area contributed by atoms with Gasteiger partial charge < -0.3 is 10.1 Å². The average Bonchev–Trinajstić information content (AvgIpc) is 3.32. The van der Waals surface area contributed by atoms with Crippen molar-refractivity contribution in [2.24, 2.45) is 0 Å². The summed E-state index contributed by atoms with van der Waals surface area (Å²) < 4.78 is 6.22. The monoisotopic (exact) mass is 536 g/mol. The second-order valence-corrected chi connectivity index (χ2v) is 9.22. The van der Waals surface area contributed by atoms with Crippen LogP contribution in [0.2, 0.25) is 0 Å². The van der Waals surface area contributed by atoms with Crippen LogP contribution < -0.4 is 15.4 Å². The van der Waals surface area contributed by atoms with E-state index in [4.69, 9.17) is 4.74 Å².